The Morgan fingerprint density at radius 3 is 2.75 bits per heavy atom. The molecule has 0 radical (unpaired) electrons. The minimum atomic E-state index is -0.116. The molecule has 0 spiro atoms. The van der Waals surface area contributed by atoms with Gasteiger partial charge in [-0.3, -0.25) is 9.69 Å². The van der Waals surface area contributed by atoms with Crippen LogP contribution in [0.15, 0.2) is 30.5 Å². The Hall–Kier alpha value is -2.01. The van der Waals surface area contributed by atoms with Crippen molar-refractivity contribution >= 4 is 23.3 Å². The maximum absolute atomic E-state index is 13.3. The fourth-order valence-corrected chi connectivity index (χ4v) is 3.39. The van der Waals surface area contributed by atoms with Gasteiger partial charge in [0.1, 0.15) is 11.6 Å². The van der Waals surface area contributed by atoms with Crippen LogP contribution in [-0.4, -0.2) is 27.8 Å². The van der Waals surface area contributed by atoms with Gasteiger partial charge in [0.25, 0.3) is 5.91 Å². The number of hydrogen-bond acceptors (Lipinski definition) is 3. The summed E-state index contributed by atoms with van der Waals surface area (Å²) in [7, 11) is 0. The first kappa shape index (κ1) is 16.8. The second kappa shape index (κ2) is 6.48. The standard InChI is InChI=1S/C18H22ClN3O2/c1-11(2)24-16-6-5-14(19)10-15(16)18(23)21-12(3)9-13(4)22-17(21)7-8-20-22/h5-8,10-13H,9H2,1-4H3. The lowest BCUT2D eigenvalue weighted by Crippen LogP contribution is -2.45. The highest BCUT2D eigenvalue weighted by atomic mass is 35.5. The van der Waals surface area contributed by atoms with E-state index in [1.807, 2.05) is 24.6 Å². The van der Waals surface area contributed by atoms with Crippen LogP contribution in [0.5, 0.6) is 5.75 Å². The van der Waals surface area contributed by atoms with Crippen LogP contribution in [0.3, 0.4) is 0 Å². The number of amides is 1. The van der Waals surface area contributed by atoms with Crippen LogP contribution in [-0.2, 0) is 0 Å². The predicted molar refractivity (Wildman–Crippen MR) is 95.0 cm³/mol. The van der Waals surface area contributed by atoms with Crippen molar-refractivity contribution in [1.29, 1.82) is 0 Å². The van der Waals surface area contributed by atoms with E-state index >= 15 is 0 Å². The molecule has 1 amide bonds. The molecule has 0 saturated carbocycles. The fraction of sp³-hybridized carbons (Fsp3) is 0.444. The Balaban J connectivity index is 2.04. The lowest BCUT2D eigenvalue weighted by atomic mass is 10.0. The molecule has 128 valence electrons. The fourth-order valence-electron chi connectivity index (χ4n) is 3.22. The maximum Gasteiger partial charge on any atom is 0.263 e. The van der Waals surface area contributed by atoms with Crippen LogP contribution in [0.25, 0.3) is 0 Å². The van der Waals surface area contributed by atoms with Gasteiger partial charge in [-0.25, -0.2) is 4.68 Å². The largest absolute Gasteiger partial charge is 0.490 e. The molecule has 0 bridgehead atoms. The third kappa shape index (κ3) is 3.00. The zero-order chi connectivity index (χ0) is 17.4. The average molecular weight is 348 g/mol. The molecule has 5 nitrogen and oxygen atoms in total. The summed E-state index contributed by atoms with van der Waals surface area (Å²) in [6, 6.07) is 7.37. The highest BCUT2D eigenvalue weighted by Gasteiger charge is 2.34. The smallest absolute Gasteiger partial charge is 0.263 e. The molecule has 6 heteroatoms. The van der Waals surface area contributed by atoms with Gasteiger partial charge in [-0.1, -0.05) is 11.6 Å². The number of aromatic nitrogens is 2. The summed E-state index contributed by atoms with van der Waals surface area (Å²) in [6.45, 7) is 8.03. The molecule has 1 aromatic heterocycles. The molecule has 0 saturated heterocycles. The summed E-state index contributed by atoms with van der Waals surface area (Å²) in [4.78, 5) is 15.1. The molecule has 2 heterocycles. The summed E-state index contributed by atoms with van der Waals surface area (Å²) < 4.78 is 7.70. The number of fused-ring (bicyclic) bond motifs is 1. The molecule has 2 unspecified atom stereocenters. The van der Waals surface area contributed by atoms with Gasteiger partial charge >= 0.3 is 0 Å². The Morgan fingerprint density at radius 2 is 2.04 bits per heavy atom. The second-order valence-electron chi connectivity index (χ2n) is 6.55. The maximum atomic E-state index is 13.3. The Bertz CT molecular complexity index is 756. The van der Waals surface area contributed by atoms with E-state index in [1.165, 1.54) is 0 Å². The topological polar surface area (TPSA) is 47.4 Å². The summed E-state index contributed by atoms with van der Waals surface area (Å²) >= 11 is 6.13. The van der Waals surface area contributed by atoms with Crippen molar-refractivity contribution in [2.45, 2.75) is 52.3 Å². The quantitative estimate of drug-likeness (QED) is 0.830. The number of nitrogens with zero attached hydrogens (tertiary/aromatic N) is 3. The number of hydrogen-bond donors (Lipinski definition) is 0. The summed E-state index contributed by atoms with van der Waals surface area (Å²) in [5, 5.41) is 4.87. The van der Waals surface area contributed by atoms with Crippen molar-refractivity contribution in [3.63, 3.8) is 0 Å². The van der Waals surface area contributed by atoms with Crippen molar-refractivity contribution in [3.8, 4) is 5.75 Å². The monoisotopic (exact) mass is 347 g/mol. The molecule has 24 heavy (non-hydrogen) atoms. The van der Waals surface area contributed by atoms with E-state index in [-0.39, 0.29) is 24.1 Å². The summed E-state index contributed by atoms with van der Waals surface area (Å²) in [5.74, 6) is 1.24. The first-order valence-corrected chi connectivity index (χ1v) is 8.59. The molecule has 0 aliphatic carbocycles. The molecule has 2 atom stereocenters. The van der Waals surface area contributed by atoms with Crippen LogP contribution < -0.4 is 9.64 Å². The van der Waals surface area contributed by atoms with E-state index in [0.29, 0.717) is 16.3 Å². The summed E-state index contributed by atoms with van der Waals surface area (Å²) in [6.07, 6.45) is 2.55. The number of ether oxygens (including phenoxy) is 1. The average Bonchev–Trinajstić information content (AvgIpc) is 2.98. The van der Waals surface area contributed by atoms with Crippen LogP contribution in [0.4, 0.5) is 5.82 Å². The van der Waals surface area contributed by atoms with Gasteiger partial charge in [-0.2, -0.15) is 5.10 Å². The Kier molecular flexibility index (Phi) is 4.54. The van der Waals surface area contributed by atoms with Gasteiger partial charge in [0.2, 0.25) is 0 Å². The van der Waals surface area contributed by atoms with Gasteiger partial charge in [-0.15, -0.1) is 0 Å². The van der Waals surface area contributed by atoms with E-state index in [0.717, 1.165) is 12.2 Å². The molecule has 0 fully saturated rings. The number of benzene rings is 1. The van der Waals surface area contributed by atoms with Crippen molar-refractivity contribution < 1.29 is 9.53 Å². The van der Waals surface area contributed by atoms with Crippen molar-refractivity contribution in [3.05, 3.63) is 41.0 Å². The predicted octanol–water partition coefficient (Wildman–Crippen LogP) is 4.32. The van der Waals surface area contributed by atoms with Crippen LogP contribution in [0.2, 0.25) is 5.02 Å². The lowest BCUT2D eigenvalue weighted by Gasteiger charge is -2.37. The normalized spacial score (nSPS) is 20.2. The Morgan fingerprint density at radius 1 is 1.29 bits per heavy atom. The molecule has 1 aliphatic rings. The molecular weight excluding hydrogens is 326 g/mol. The van der Waals surface area contributed by atoms with Crippen LogP contribution >= 0.6 is 11.6 Å². The third-order valence-corrected chi connectivity index (χ3v) is 4.43. The van der Waals surface area contributed by atoms with Gasteiger partial charge < -0.3 is 4.74 Å². The number of halogens is 1. The van der Waals surface area contributed by atoms with Gasteiger partial charge in [0.05, 0.1) is 23.9 Å². The van der Waals surface area contributed by atoms with E-state index in [4.69, 9.17) is 16.3 Å². The molecule has 0 N–H and O–H groups in total. The number of rotatable bonds is 3. The van der Waals surface area contributed by atoms with E-state index in [1.54, 1.807) is 29.3 Å². The zero-order valence-electron chi connectivity index (χ0n) is 14.4. The first-order chi connectivity index (χ1) is 11.4. The van der Waals surface area contributed by atoms with Crippen LogP contribution in [0, 0.1) is 0 Å². The molecule has 1 aromatic carbocycles. The van der Waals surface area contributed by atoms with E-state index in [2.05, 4.69) is 18.9 Å². The van der Waals surface area contributed by atoms with E-state index in [9.17, 15) is 4.79 Å². The number of carbonyl (C=O) groups excluding carboxylic acids is 1. The molecule has 2 aromatic rings. The van der Waals surface area contributed by atoms with Crippen molar-refractivity contribution in [2.75, 3.05) is 4.90 Å². The minimum absolute atomic E-state index is 0.0259. The number of carbonyl (C=O) groups is 1. The molecular formula is C18H22ClN3O2. The number of anilines is 1. The highest BCUT2D eigenvalue weighted by molar-refractivity contribution is 6.31. The Labute approximate surface area is 147 Å². The first-order valence-electron chi connectivity index (χ1n) is 8.21. The van der Waals surface area contributed by atoms with Crippen molar-refractivity contribution in [2.24, 2.45) is 0 Å². The highest BCUT2D eigenvalue weighted by Crippen LogP contribution is 2.34. The van der Waals surface area contributed by atoms with Crippen molar-refractivity contribution in [1.82, 2.24) is 9.78 Å². The second-order valence-corrected chi connectivity index (χ2v) is 6.99. The van der Waals surface area contributed by atoms with Gasteiger partial charge in [0, 0.05) is 17.1 Å². The van der Waals surface area contributed by atoms with Crippen LogP contribution in [0.1, 0.15) is 50.5 Å². The SMILES string of the molecule is CC(C)Oc1ccc(Cl)cc1C(=O)N1c2ccnn2C(C)CC1C. The molecule has 3 rings (SSSR count). The minimum Gasteiger partial charge on any atom is -0.490 e. The zero-order valence-corrected chi connectivity index (χ0v) is 15.1. The van der Waals surface area contributed by atoms with Gasteiger partial charge in [0.15, 0.2) is 0 Å². The van der Waals surface area contributed by atoms with Gasteiger partial charge in [-0.05, 0) is 52.3 Å². The lowest BCUT2D eigenvalue weighted by molar-refractivity contribution is 0.0961. The van der Waals surface area contributed by atoms with E-state index < -0.39 is 0 Å². The third-order valence-electron chi connectivity index (χ3n) is 4.19. The summed E-state index contributed by atoms with van der Waals surface area (Å²) in [5.41, 5.74) is 0.477. The molecule has 1 aliphatic heterocycles.